The van der Waals surface area contributed by atoms with Crippen LogP contribution in [-0.4, -0.2) is 12.6 Å². The minimum atomic E-state index is -0.535. The first kappa shape index (κ1) is 15.9. The fourth-order valence-electron chi connectivity index (χ4n) is 1.84. The van der Waals surface area contributed by atoms with Gasteiger partial charge in [0.1, 0.15) is 0 Å². The number of ether oxygens (including phenoxy) is 2. The van der Waals surface area contributed by atoms with Crippen LogP contribution in [0.25, 0.3) is 0 Å². The lowest BCUT2D eigenvalue weighted by atomic mass is 10.1. The number of halogens is 1. The summed E-state index contributed by atoms with van der Waals surface area (Å²) < 4.78 is 10.8. The molecule has 0 fully saturated rings. The summed E-state index contributed by atoms with van der Waals surface area (Å²) in [6, 6.07) is 11.9. The van der Waals surface area contributed by atoms with Crippen LogP contribution in [0.15, 0.2) is 36.4 Å². The quantitative estimate of drug-likeness (QED) is 0.628. The Bertz CT molecular complexity index is 733. The van der Waals surface area contributed by atoms with E-state index in [1.54, 1.807) is 19.1 Å². The number of esters is 1. The molecule has 0 saturated carbocycles. The van der Waals surface area contributed by atoms with Crippen LogP contribution in [-0.2, 0) is 0 Å². The van der Waals surface area contributed by atoms with E-state index >= 15 is 0 Å². The standard InChI is InChI=1S/C17H14ClNO3/c1-3-21-15-9-12(10-19)8-14(18)16(15)22-17(20)13-6-4-11(2)5-7-13/h4-9H,3H2,1-2H3. The lowest BCUT2D eigenvalue weighted by Crippen LogP contribution is -2.10. The van der Waals surface area contributed by atoms with Crippen LogP contribution < -0.4 is 9.47 Å². The second-order valence-electron chi connectivity index (χ2n) is 4.59. The number of carbonyl (C=O) groups is 1. The number of carbonyl (C=O) groups excluding carboxylic acids is 1. The second-order valence-corrected chi connectivity index (χ2v) is 4.99. The molecule has 5 heteroatoms. The van der Waals surface area contributed by atoms with Crippen molar-refractivity contribution in [2.75, 3.05) is 6.61 Å². The van der Waals surface area contributed by atoms with E-state index in [-0.39, 0.29) is 16.5 Å². The Balaban J connectivity index is 2.34. The van der Waals surface area contributed by atoms with Gasteiger partial charge in [-0.25, -0.2) is 4.79 Å². The van der Waals surface area contributed by atoms with E-state index in [0.29, 0.717) is 17.7 Å². The Labute approximate surface area is 133 Å². The van der Waals surface area contributed by atoms with Gasteiger partial charge in [-0.3, -0.25) is 0 Å². The van der Waals surface area contributed by atoms with E-state index in [0.717, 1.165) is 5.56 Å². The van der Waals surface area contributed by atoms with Crippen molar-refractivity contribution in [3.63, 3.8) is 0 Å². The lowest BCUT2D eigenvalue weighted by Gasteiger charge is -2.12. The van der Waals surface area contributed by atoms with Crippen LogP contribution in [0.4, 0.5) is 0 Å². The summed E-state index contributed by atoms with van der Waals surface area (Å²) in [5.74, 6) is -0.146. The molecule has 0 aliphatic rings. The number of nitrogens with zero attached hydrogens (tertiary/aromatic N) is 1. The molecule has 2 aromatic rings. The monoisotopic (exact) mass is 315 g/mol. The average molecular weight is 316 g/mol. The molecule has 0 unspecified atom stereocenters. The van der Waals surface area contributed by atoms with Gasteiger partial charge < -0.3 is 9.47 Å². The van der Waals surface area contributed by atoms with E-state index in [1.807, 2.05) is 25.1 Å². The summed E-state index contributed by atoms with van der Waals surface area (Å²) in [6.45, 7) is 4.08. The first-order valence-corrected chi connectivity index (χ1v) is 7.08. The Hall–Kier alpha value is -2.51. The molecule has 0 aliphatic carbocycles. The molecule has 2 aromatic carbocycles. The first-order chi connectivity index (χ1) is 10.5. The highest BCUT2D eigenvalue weighted by molar-refractivity contribution is 6.32. The van der Waals surface area contributed by atoms with Gasteiger partial charge in [0.15, 0.2) is 11.5 Å². The fraction of sp³-hybridized carbons (Fsp3) is 0.176. The maximum atomic E-state index is 12.2. The Morgan fingerprint density at radius 3 is 2.55 bits per heavy atom. The molecule has 0 radical (unpaired) electrons. The molecule has 0 bridgehead atoms. The van der Waals surface area contributed by atoms with Gasteiger partial charge in [-0.2, -0.15) is 5.26 Å². The molecule has 112 valence electrons. The van der Waals surface area contributed by atoms with Crippen molar-refractivity contribution in [1.29, 1.82) is 5.26 Å². The number of benzene rings is 2. The Kier molecular flexibility index (Phi) is 5.03. The van der Waals surface area contributed by atoms with Crippen LogP contribution in [0.1, 0.15) is 28.4 Å². The molecule has 0 N–H and O–H groups in total. The van der Waals surface area contributed by atoms with Gasteiger partial charge in [0, 0.05) is 6.07 Å². The molecule has 2 rings (SSSR count). The smallest absolute Gasteiger partial charge is 0.343 e. The van der Waals surface area contributed by atoms with Crippen molar-refractivity contribution in [2.24, 2.45) is 0 Å². The third kappa shape index (κ3) is 3.57. The predicted octanol–water partition coefficient (Wildman–Crippen LogP) is 4.14. The molecule has 0 spiro atoms. The minimum Gasteiger partial charge on any atom is -0.490 e. The number of hydrogen-bond donors (Lipinski definition) is 0. The van der Waals surface area contributed by atoms with Crippen molar-refractivity contribution in [1.82, 2.24) is 0 Å². The van der Waals surface area contributed by atoms with E-state index < -0.39 is 5.97 Å². The van der Waals surface area contributed by atoms with Gasteiger partial charge in [-0.1, -0.05) is 29.3 Å². The van der Waals surface area contributed by atoms with Crippen molar-refractivity contribution in [2.45, 2.75) is 13.8 Å². The van der Waals surface area contributed by atoms with Crippen LogP contribution in [0.5, 0.6) is 11.5 Å². The zero-order valence-electron chi connectivity index (χ0n) is 12.2. The van der Waals surface area contributed by atoms with E-state index in [2.05, 4.69) is 0 Å². The predicted molar refractivity (Wildman–Crippen MR) is 83.5 cm³/mol. The molecule has 0 aromatic heterocycles. The summed E-state index contributed by atoms with van der Waals surface area (Å²) in [5.41, 5.74) is 1.79. The topological polar surface area (TPSA) is 59.3 Å². The van der Waals surface area contributed by atoms with E-state index in [4.69, 9.17) is 26.3 Å². The van der Waals surface area contributed by atoms with Gasteiger partial charge in [0.25, 0.3) is 0 Å². The SMILES string of the molecule is CCOc1cc(C#N)cc(Cl)c1OC(=O)c1ccc(C)cc1. The molecular formula is C17H14ClNO3. The molecule has 0 heterocycles. The normalized spacial score (nSPS) is 9.91. The van der Waals surface area contributed by atoms with Crippen molar-refractivity contribution in [3.8, 4) is 17.6 Å². The summed E-state index contributed by atoms with van der Waals surface area (Å²) >= 11 is 6.10. The third-order valence-corrected chi connectivity index (χ3v) is 3.20. The van der Waals surface area contributed by atoms with Gasteiger partial charge in [-0.05, 0) is 32.0 Å². The summed E-state index contributed by atoms with van der Waals surface area (Å²) in [5, 5.41) is 9.12. The van der Waals surface area contributed by atoms with Gasteiger partial charge >= 0.3 is 5.97 Å². The van der Waals surface area contributed by atoms with Crippen molar-refractivity contribution >= 4 is 17.6 Å². The second kappa shape index (κ2) is 6.97. The van der Waals surface area contributed by atoms with Crippen LogP contribution in [0.3, 0.4) is 0 Å². The van der Waals surface area contributed by atoms with Crippen molar-refractivity contribution in [3.05, 3.63) is 58.1 Å². The zero-order valence-corrected chi connectivity index (χ0v) is 13.0. The Morgan fingerprint density at radius 2 is 1.95 bits per heavy atom. The highest BCUT2D eigenvalue weighted by atomic mass is 35.5. The highest BCUT2D eigenvalue weighted by Crippen LogP contribution is 2.37. The number of aryl methyl sites for hydroxylation is 1. The largest absolute Gasteiger partial charge is 0.490 e. The van der Waals surface area contributed by atoms with E-state index in [1.165, 1.54) is 12.1 Å². The molecule has 0 atom stereocenters. The number of nitriles is 1. The molecule has 0 aliphatic heterocycles. The van der Waals surface area contributed by atoms with E-state index in [9.17, 15) is 4.79 Å². The maximum Gasteiger partial charge on any atom is 0.343 e. The molecule has 0 saturated heterocycles. The number of hydrogen-bond acceptors (Lipinski definition) is 4. The van der Waals surface area contributed by atoms with Gasteiger partial charge in [-0.15, -0.1) is 0 Å². The maximum absolute atomic E-state index is 12.2. The summed E-state index contributed by atoms with van der Waals surface area (Å²) in [4.78, 5) is 12.2. The zero-order chi connectivity index (χ0) is 16.1. The minimum absolute atomic E-state index is 0.119. The van der Waals surface area contributed by atoms with Gasteiger partial charge in [0.05, 0.1) is 28.8 Å². The van der Waals surface area contributed by atoms with Crippen molar-refractivity contribution < 1.29 is 14.3 Å². The average Bonchev–Trinajstić information content (AvgIpc) is 2.51. The number of rotatable bonds is 4. The fourth-order valence-corrected chi connectivity index (χ4v) is 2.09. The lowest BCUT2D eigenvalue weighted by molar-refractivity contribution is 0.0728. The summed E-state index contributed by atoms with van der Waals surface area (Å²) in [7, 11) is 0. The van der Waals surface area contributed by atoms with Crippen LogP contribution in [0, 0.1) is 18.3 Å². The Morgan fingerprint density at radius 1 is 1.27 bits per heavy atom. The van der Waals surface area contributed by atoms with Crippen LogP contribution in [0.2, 0.25) is 5.02 Å². The molecular weight excluding hydrogens is 302 g/mol. The summed E-state index contributed by atoms with van der Waals surface area (Å²) in [6.07, 6.45) is 0. The first-order valence-electron chi connectivity index (χ1n) is 6.70. The molecule has 0 amide bonds. The molecule has 4 nitrogen and oxygen atoms in total. The third-order valence-electron chi connectivity index (χ3n) is 2.92. The van der Waals surface area contributed by atoms with Crippen LogP contribution >= 0.6 is 11.6 Å². The van der Waals surface area contributed by atoms with Gasteiger partial charge in [0.2, 0.25) is 0 Å². The molecule has 22 heavy (non-hydrogen) atoms. The highest BCUT2D eigenvalue weighted by Gasteiger charge is 2.17.